The molecule has 0 atom stereocenters. The van der Waals surface area contributed by atoms with Crippen molar-refractivity contribution in [1.82, 2.24) is 20.1 Å². The number of nitrogens with one attached hydrogen (secondary N) is 1. The highest BCUT2D eigenvalue weighted by molar-refractivity contribution is 7.17. The van der Waals surface area contributed by atoms with Gasteiger partial charge in [-0.1, -0.05) is 17.4 Å². The number of aryl methyl sites for hydroxylation is 2. The number of hydrogen-bond acceptors (Lipinski definition) is 7. The molecule has 5 rings (SSSR count). The second kappa shape index (κ2) is 8.14. The van der Waals surface area contributed by atoms with Gasteiger partial charge in [0, 0.05) is 36.4 Å². The summed E-state index contributed by atoms with van der Waals surface area (Å²) in [5.41, 5.74) is 5.72. The molecule has 2 aromatic heterocycles. The minimum atomic E-state index is -0.295. The monoisotopic (exact) mass is 467 g/mol. The third kappa shape index (κ3) is 3.89. The Labute approximate surface area is 197 Å². The van der Waals surface area contributed by atoms with Crippen molar-refractivity contribution in [3.05, 3.63) is 40.2 Å². The van der Waals surface area contributed by atoms with Gasteiger partial charge in [0.25, 0.3) is 5.91 Å². The number of aliphatic hydroxyl groups is 1. The normalized spacial score (nSPS) is 16.8. The first kappa shape index (κ1) is 21.9. The van der Waals surface area contributed by atoms with Crippen molar-refractivity contribution in [1.29, 1.82) is 0 Å². The number of fused-ring (bicyclic) bond motifs is 2. The number of aliphatic hydroxyl groups excluding tert-OH is 1. The van der Waals surface area contributed by atoms with Gasteiger partial charge in [-0.3, -0.25) is 9.48 Å². The summed E-state index contributed by atoms with van der Waals surface area (Å²) >= 11 is 1.44. The van der Waals surface area contributed by atoms with E-state index in [0.29, 0.717) is 37.4 Å². The van der Waals surface area contributed by atoms with Gasteiger partial charge >= 0.3 is 0 Å². The molecule has 0 radical (unpaired) electrons. The average molecular weight is 468 g/mol. The Morgan fingerprint density at radius 3 is 2.91 bits per heavy atom. The van der Waals surface area contributed by atoms with Crippen LogP contribution in [-0.2, 0) is 13.0 Å². The van der Waals surface area contributed by atoms with Crippen LogP contribution in [0.1, 0.15) is 47.0 Å². The first-order chi connectivity index (χ1) is 15.8. The summed E-state index contributed by atoms with van der Waals surface area (Å²) in [6.07, 6.45) is 1.39. The van der Waals surface area contributed by atoms with E-state index >= 15 is 0 Å². The third-order valence-corrected chi connectivity index (χ3v) is 7.32. The van der Waals surface area contributed by atoms with Crippen molar-refractivity contribution < 1.29 is 14.6 Å². The van der Waals surface area contributed by atoms with Crippen LogP contribution in [0.4, 0.5) is 10.8 Å². The summed E-state index contributed by atoms with van der Waals surface area (Å²) in [6.45, 7) is 10.2. The molecule has 0 spiro atoms. The minimum Gasteiger partial charge on any atom is -0.490 e. The Morgan fingerprint density at radius 1 is 1.30 bits per heavy atom. The summed E-state index contributed by atoms with van der Waals surface area (Å²) in [4.78, 5) is 20.4. The Hall–Kier alpha value is -2.91. The van der Waals surface area contributed by atoms with E-state index < -0.39 is 0 Å². The van der Waals surface area contributed by atoms with Crippen LogP contribution in [0, 0.1) is 13.8 Å². The molecule has 0 bridgehead atoms. The minimum absolute atomic E-state index is 0.0474. The van der Waals surface area contributed by atoms with Gasteiger partial charge in [0.15, 0.2) is 5.13 Å². The van der Waals surface area contributed by atoms with E-state index in [2.05, 4.69) is 34.4 Å². The summed E-state index contributed by atoms with van der Waals surface area (Å²) in [6, 6.07) is 6.20. The summed E-state index contributed by atoms with van der Waals surface area (Å²) in [7, 11) is 0. The molecule has 1 amide bonds. The van der Waals surface area contributed by atoms with Gasteiger partial charge < -0.3 is 20.1 Å². The standard InChI is InChI=1S/C24H29N5O3S/c1-14-20(15(2)29(27-14)8-5-10-30)16-6-7-19-18(12-16)28(9-11-32-19)23-25-17-13-24(3,4)26-22(31)21(17)33-23/h6-7,12,30H,5,8-11,13H2,1-4H3,(H,26,31). The van der Waals surface area contributed by atoms with Crippen molar-refractivity contribution >= 4 is 28.1 Å². The van der Waals surface area contributed by atoms with Crippen LogP contribution in [0.15, 0.2) is 18.2 Å². The molecule has 3 aromatic rings. The molecule has 4 heterocycles. The highest BCUT2D eigenvalue weighted by atomic mass is 32.1. The SMILES string of the molecule is Cc1nn(CCCO)c(C)c1-c1ccc2c(c1)N(c1nc3c(s1)C(=O)NC(C)(C)C3)CCO2. The van der Waals surface area contributed by atoms with Crippen LogP contribution in [-0.4, -0.2) is 51.1 Å². The zero-order valence-electron chi connectivity index (χ0n) is 19.4. The molecule has 2 aliphatic rings. The van der Waals surface area contributed by atoms with Gasteiger partial charge in [0.2, 0.25) is 0 Å². The fraction of sp³-hybridized carbons (Fsp3) is 0.458. The number of carbonyl (C=O) groups excluding carboxylic acids is 1. The number of amides is 1. The van der Waals surface area contributed by atoms with Crippen molar-refractivity contribution in [3.8, 4) is 16.9 Å². The number of hydrogen-bond donors (Lipinski definition) is 2. The van der Waals surface area contributed by atoms with Crippen molar-refractivity contribution in [2.75, 3.05) is 24.7 Å². The van der Waals surface area contributed by atoms with Gasteiger partial charge in [0.05, 0.1) is 23.6 Å². The maximum absolute atomic E-state index is 12.6. The zero-order valence-corrected chi connectivity index (χ0v) is 20.3. The van der Waals surface area contributed by atoms with Gasteiger partial charge in [-0.25, -0.2) is 4.98 Å². The van der Waals surface area contributed by atoms with E-state index in [9.17, 15) is 9.90 Å². The lowest BCUT2D eigenvalue weighted by atomic mass is 9.94. The summed E-state index contributed by atoms with van der Waals surface area (Å²) in [5, 5.41) is 17.8. The zero-order chi connectivity index (χ0) is 23.3. The van der Waals surface area contributed by atoms with E-state index in [1.54, 1.807) is 0 Å². The van der Waals surface area contributed by atoms with Crippen LogP contribution in [0.5, 0.6) is 5.75 Å². The van der Waals surface area contributed by atoms with Gasteiger partial charge in [-0.15, -0.1) is 0 Å². The Bertz CT molecular complexity index is 1230. The molecule has 0 saturated heterocycles. The van der Waals surface area contributed by atoms with Crippen molar-refractivity contribution in [3.63, 3.8) is 0 Å². The number of aromatic nitrogens is 3. The van der Waals surface area contributed by atoms with E-state index in [-0.39, 0.29) is 18.1 Å². The Balaban J connectivity index is 1.54. The summed E-state index contributed by atoms with van der Waals surface area (Å²) in [5.74, 6) is 0.764. The van der Waals surface area contributed by atoms with E-state index in [0.717, 1.165) is 44.8 Å². The van der Waals surface area contributed by atoms with Gasteiger partial charge in [0.1, 0.15) is 17.2 Å². The Morgan fingerprint density at radius 2 is 2.12 bits per heavy atom. The number of carbonyl (C=O) groups is 1. The van der Waals surface area contributed by atoms with Gasteiger partial charge in [-0.05, 0) is 51.8 Å². The number of benzene rings is 1. The first-order valence-corrected chi connectivity index (χ1v) is 12.1. The van der Waals surface area contributed by atoms with E-state index in [1.165, 1.54) is 11.3 Å². The fourth-order valence-electron chi connectivity index (χ4n) is 4.70. The Kier molecular flexibility index (Phi) is 5.41. The van der Waals surface area contributed by atoms with Crippen LogP contribution >= 0.6 is 11.3 Å². The molecular formula is C24H29N5O3S. The molecule has 33 heavy (non-hydrogen) atoms. The lowest BCUT2D eigenvalue weighted by molar-refractivity contribution is 0.0901. The molecule has 1 aromatic carbocycles. The molecular weight excluding hydrogens is 438 g/mol. The lowest BCUT2D eigenvalue weighted by Crippen LogP contribution is -2.48. The molecule has 8 nitrogen and oxygen atoms in total. The largest absolute Gasteiger partial charge is 0.490 e. The average Bonchev–Trinajstić information content (AvgIpc) is 3.31. The summed E-state index contributed by atoms with van der Waals surface area (Å²) < 4.78 is 7.91. The molecule has 174 valence electrons. The van der Waals surface area contributed by atoms with Crippen LogP contribution in [0.2, 0.25) is 0 Å². The number of nitrogens with zero attached hydrogens (tertiary/aromatic N) is 4. The molecule has 0 aliphatic carbocycles. The van der Waals surface area contributed by atoms with Gasteiger partial charge in [-0.2, -0.15) is 5.10 Å². The second-order valence-electron chi connectivity index (χ2n) is 9.32. The van der Waals surface area contributed by atoms with E-state index in [1.807, 2.05) is 31.5 Å². The maximum atomic E-state index is 12.6. The molecule has 9 heteroatoms. The predicted octanol–water partition coefficient (Wildman–Crippen LogP) is 3.60. The molecule has 0 fully saturated rings. The predicted molar refractivity (Wildman–Crippen MR) is 129 cm³/mol. The third-order valence-electron chi connectivity index (χ3n) is 6.20. The number of thiazole rings is 1. The van der Waals surface area contributed by atoms with Crippen LogP contribution in [0.3, 0.4) is 0 Å². The quantitative estimate of drug-likeness (QED) is 0.596. The smallest absolute Gasteiger partial charge is 0.263 e. The first-order valence-electron chi connectivity index (χ1n) is 11.3. The maximum Gasteiger partial charge on any atom is 0.263 e. The molecule has 0 unspecified atom stereocenters. The number of rotatable bonds is 5. The highest BCUT2D eigenvalue weighted by Crippen LogP contribution is 2.43. The molecule has 0 saturated carbocycles. The number of anilines is 2. The molecule has 2 aliphatic heterocycles. The van der Waals surface area contributed by atoms with Crippen LogP contribution < -0.4 is 15.0 Å². The molecule has 2 N–H and O–H groups in total. The number of ether oxygens (including phenoxy) is 1. The van der Waals surface area contributed by atoms with Crippen molar-refractivity contribution in [2.24, 2.45) is 0 Å². The van der Waals surface area contributed by atoms with Crippen molar-refractivity contribution in [2.45, 2.75) is 52.6 Å². The fourth-order valence-corrected chi connectivity index (χ4v) is 5.72. The topological polar surface area (TPSA) is 92.5 Å². The lowest BCUT2D eigenvalue weighted by Gasteiger charge is -2.30. The van der Waals surface area contributed by atoms with Crippen LogP contribution in [0.25, 0.3) is 11.1 Å². The highest BCUT2D eigenvalue weighted by Gasteiger charge is 2.35. The second-order valence-corrected chi connectivity index (χ2v) is 10.3. The van der Waals surface area contributed by atoms with E-state index in [4.69, 9.17) is 9.72 Å².